The predicted octanol–water partition coefficient (Wildman–Crippen LogP) is 3.54. The van der Waals surface area contributed by atoms with Gasteiger partial charge in [0.25, 0.3) is 5.91 Å². The maximum atomic E-state index is 12.7. The number of piperidine rings is 1. The standard InChI is InChI=1S/C24H26N4O4S/c29-24(20-6-2-1-3-7-20)27-16-12-19(13-17-27)23-25-22(26-32-23)18-8-10-21(11-9-18)33(30,31)28-14-4-5-15-28/h1-3,6-11,19H,4-5,12-17H2. The molecular weight excluding hydrogens is 440 g/mol. The first-order chi connectivity index (χ1) is 16.0. The Morgan fingerprint density at radius 3 is 2.24 bits per heavy atom. The van der Waals surface area contributed by atoms with Crippen molar-refractivity contribution in [3.05, 3.63) is 66.1 Å². The molecule has 0 radical (unpaired) electrons. The molecule has 2 aromatic carbocycles. The van der Waals surface area contributed by atoms with E-state index in [1.165, 1.54) is 4.31 Å². The first kappa shape index (κ1) is 21.8. The number of amides is 1. The number of hydrogen-bond donors (Lipinski definition) is 0. The van der Waals surface area contributed by atoms with Crippen LogP contribution in [0.5, 0.6) is 0 Å². The van der Waals surface area contributed by atoms with Crippen molar-refractivity contribution in [2.24, 2.45) is 0 Å². The Balaban J connectivity index is 1.23. The van der Waals surface area contributed by atoms with Gasteiger partial charge in [0.05, 0.1) is 4.90 Å². The van der Waals surface area contributed by atoms with Crippen LogP contribution in [0.3, 0.4) is 0 Å². The summed E-state index contributed by atoms with van der Waals surface area (Å²) in [6, 6.07) is 16.0. The predicted molar refractivity (Wildman–Crippen MR) is 122 cm³/mol. The number of rotatable bonds is 5. The van der Waals surface area contributed by atoms with Gasteiger partial charge in [0, 0.05) is 43.2 Å². The molecule has 8 nitrogen and oxygen atoms in total. The molecule has 2 fully saturated rings. The van der Waals surface area contributed by atoms with Crippen LogP contribution in [0.15, 0.2) is 64.0 Å². The molecule has 172 valence electrons. The SMILES string of the molecule is O=C(c1ccccc1)N1CCC(c2nc(-c3ccc(S(=O)(=O)N4CCCC4)cc3)no2)CC1. The fourth-order valence-electron chi connectivity index (χ4n) is 4.46. The third kappa shape index (κ3) is 4.43. The van der Waals surface area contributed by atoms with Gasteiger partial charge in [0.1, 0.15) is 0 Å². The van der Waals surface area contributed by atoms with Crippen LogP contribution < -0.4 is 0 Å². The molecular formula is C24H26N4O4S. The van der Waals surface area contributed by atoms with E-state index in [9.17, 15) is 13.2 Å². The summed E-state index contributed by atoms with van der Waals surface area (Å²) < 4.78 is 32.5. The van der Waals surface area contributed by atoms with Crippen LogP contribution in [0.2, 0.25) is 0 Å². The van der Waals surface area contributed by atoms with E-state index < -0.39 is 10.0 Å². The highest BCUT2D eigenvalue weighted by Gasteiger charge is 2.29. The van der Waals surface area contributed by atoms with Crippen LogP contribution in [0.25, 0.3) is 11.4 Å². The van der Waals surface area contributed by atoms with E-state index in [-0.39, 0.29) is 16.7 Å². The van der Waals surface area contributed by atoms with Gasteiger partial charge in [-0.3, -0.25) is 4.79 Å². The molecule has 1 aromatic heterocycles. The lowest BCUT2D eigenvalue weighted by Crippen LogP contribution is -2.37. The van der Waals surface area contributed by atoms with Crippen molar-refractivity contribution in [3.63, 3.8) is 0 Å². The molecule has 9 heteroatoms. The van der Waals surface area contributed by atoms with E-state index >= 15 is 0 Å². The molecule has 0 bridgehead atoms. The monoisotopic (exact) mass is 466 g/mol. The normalized spacial score (nSPS) is 18.0. The molecule has 0 N–H and O–H groups in total. The van der Waals surface area contributed by atoms with Crippen molar-refractivity contribution >= 4 is 15.9 Å². The molecule has 2 aliphatic rings. The Hall–Kier alpha value is -3.04. The second-order valence-electron chi connectivity index (χ2n) is 8.52. The highest BCUT2D eigenvalue weighted by Crippen LogP contribution is 2.30. The van der Waals surface area contributed by atoms with Crippen molar-refractivity contribution < 1.29 is 17.7 Å². The molecule has 0 saturated carbocycles. The van der Waals surface area contributed by atoms with Crippen LogP contribution >= 0.6 is 0 Å². The average molecular weight is 467 g/mol. The van der Waals surface area contributed by atoms with Crippen molar-refractivity contribution in [2.75, 3.05) is 26.2 Å². The van der Waals surface area contributed by atoms with Crippen molar-refractivity contribution in [1.82, 2.24) is 19.3 Å². The number of aromatic nitrogens is 2. The fraction of sp³-hybridized carbons (Fsp3) is 0.375. The topological polar surface area (TPSA) is 96.6 Å². The summed E-state index contributed by atoms with van der Waals surface area (Å²) in [7, 11) is -3.45. The molecule has 5 rings (SSSR count). The first-order valence-corrected chi connectivity index (χ1v) is 12.7. The van der Waals surface area contributed by atoms with E-state index in [4.69, 9.17) is 4.52 Å². The lowest BCUT2D eigenvalue weighted by molar-refractivity contribution is 0.0704. The number of benzene rings is 2. The van der Waals surface area contributed by atoms with E-state index in [1.807, 2.05) is 35.2 Å². The van der Waals surface area contributed by atoms with E-state index in [0.717, 1.165) is 25.7 Å². The third-order valence-electron chi connectivity index (χ3n) is 6.41. The minimum Gasteiger partial charge on any atom is -0.339 e. The molecule has 33 heavy (non-hydrogen) atoms. The van der Waals surface area contributed by atoms with Crippen molar-refractivity contribution in [2.45, 2.75) is 36.5 Å². The van der Waals surface area contributed by atoms with E-state index in [1.54, 1.807) is 24.3 Å². The number of likely N-dealkylation sites (tertiary alicyclic amines) is 1. The van der Waals surface area contributed by atoms with Crippen LogP contribution in [-0.4, -0.2) is 59.8 Å². The Bertz CT molecular complexity index is 1210. The highest BCUT2D eigenvalue weighted by molar-refractivity contribution is 7.89. The largest absolute Gasteiger partial charge is 0.339 e. The number of hydrogen-bond acceptors (Lipinski definition) is 6. The van der Waals surface area contributed by atoms with E-state index in [0.29, 0.717) is 49.0 Å². The molecule has 3 heterocycles. The first-order valence-electron chi connectivity index (χ1n) is 11.3. The van der Waals surface area contributed by atoms with Gasteiger partial charge in [-0.05, 0) is 62.1 Å². The van der Waals surface area contributed by atoms with Crippen LogP contribution in [0.4, 0.5) is 0 Å². The highest BCUT2D eigenvalue weighted by atomic mass is 32.2. The van der Waals surface area contributed by atoms with Gasteiger partial charge in [-0.2, -0.15) is 9.29 Å². The summed E-state index contributed by atoms with van der Waals surface area (Å²) in [6.45, 7) is 2.43. The third-order valence-corrected chi connectivity index (χ3v) is 8.32. The summed E-state index contributed by atoms with van der Waals surface area (Å²) in [5.74, 6) is 1.15. The Morgan fingerprint density at radius 1 is 0.909 bits per heavy atom. The molecule has 1 amide bonds. The Labute approximate surface area is 193 Å². The summed E-state index contributed by atoms with van der Waals surface area (Å²) >= 11 is 0. The smallest absolute Gasteiger partial charge is 0.253 e. The van der Waals surface area contributed by atoms with Crippen LogP contribution in [-0.2, 0) is 10.0 Å². The number of nitrogens with zero attached hydrogens (tertiary/aromatic N) is 4. The van der Waals surface area contributed by atoms with Gasteiger partial charge in [-0.25, -0.2) is 8.42 Å². The molecule has 2 aliphatic heterocycles. The zero-order chi connectivity index (χ0) is 22.8. The summed E-state index contributed by atoms with van der Waals surface area (Å²) in [5, 5.41) is 4.11. The van der Waals surface area contributed by atoms with Crippen LogP contribution in [0.1, 0.15) is 47.8 Å². The van der Waals surface area contributed by atoms with Crippen molar-refractivity contribution in [1.29, 1.82) is 0 Å². The zero-order valence-corrected chi connectivity index (χ0v) is 19.1. The van der Waals surface area contributed by atoms with Gasteiger partial charge < -0.3 is 9.42 Å². The maximum Gasteiger partial charge on any atom is 0.253 e. The molecule has 0 unspecified atom stereocenters. The van der Waals surface area contributed by atoms with Crippen LogP contribution in [0, 0.1) is 0 Å². The van der Waals surface area contributed by atoms with Gasteiger partial charge in [0.15, 0.2) is 0 Å². The lowest BCUT2D eigenvalue weighted by Gasteiger charge is -2.30. The Kier molecular flexibility index (Phi) is 5.99. The number of carbonyl (C=O) groups excluding carboxylic acids is 1. The summed E-state index contributed by atoms with van der Waals surface area (Å²) in [5.41, 5.74) is 1.41. The minimum absolute atomic E-state index is 0.0456. The van der Waals surface area contributed by atoms with Crippen molar-refractivity contribution in [3.8, 4) is 11.4 Å². The summed E-state index contributed by atoms with van der Waals surface area (Å²) in [6.07, 6.45) is 3.32. The fourth-order valence-corrected chi connectivity index (χ4v) is 5.98. The van der Waals surface area contributed by atoms with Gasteiger partial charge in [-0.15, -0.1) is 0 Å². The number of sulfonamides is 1. The number of carbonyl (C=O) groups is 1. The Morgan fingerprint density at radius 2 is 1.58 bits per heavy atom. The second-order valence-corrected chi connectivity index (χ2v) is 10.5. The van der Waals surface area contributed by atoms with Gasteiger partial charge >= 0.3 is 0 Å². The lowest BCUT2D eigenvalue weighted by atomic mass is 9.96. The average Bonchev–Trinajstić information content (AvgIpc) is 3.58. The second kappa shape index (κ2) is 9.07. The molecule has 2 saturated heterocycles. The minimum atomic E-state index is -3.45. The van der Waals surface area contributed by atoms with Gasteiger partial charge in [0.2, 0.25) is 21.7 Å². The molecule has 0 spiro atoms. The quantitative estimate of drug-likeness (QED) is 0.571. The molecule has 0 aliphatic carbocycles. The van der Waals surface area contributed by atoms with E-state index in [2.05, 4.69) is 10.1 Å². The molecule has 3 aromatic rings. The zero-order valence-electron chi connectivity index (χ0n) is 18.3. The molecule has 0 atom stereocenters. The van der Waals surface area contributed by atoms with Gasteiger partial charge in [-0.1, -0.05) is 23.4 Å². The summed E-state index contributed by atoms with van der Waals surface area (Å²) in [4.78, 5) is 19.4. The maximum absolute atomic E-state index is 12.7.